The molecule has 0 radical (unpaired) electrons. The molecule has 0 amide bonds. The molecular weight excluding hydrogens is 242 g/mol. The Balaban J connectivity index is 1.62. The summed E-state index contributed by atoms with van der Waals surface area (Å²) in [6, 6.07) is 6.37. The summed E-state index contributed by atoms with van der Waals surface area (Å²) in [5.74, 6) is 0. The summed E-state index contributed by atoms with van der Waals surface area (Å²) in [4.78, 5) is 7.18. The minimum Gasteiger partial charge on any atom is -0.360 e. The molecule has 1 aromatic carbocycles. The number of thiazole rings is 1. The Labute approximate surface area is 112 Å². The van der Waals surface area contributed by atoms with E-state index in [0.717, 1.165) is 23.7 Å². The van der Waals surface area contributed by atoms with Gasteiger partial charge in [0, 0.05) is 13.1 Å². The Morgan fingerprint density at radius 1 is 1.33 bits per heavy atom. The van der Waals surface area contributed by atoms with Crippen molar-refractivity contribution in [2.24, 2.45) is 0 Å². The van der Waals surface area contributed by atoms with E-state index in [-0.39, 0.29) is 0 Å². The van der Waals surface area contributed by atoms with Gasteiger partial charge in [-0.2, -0.15) is 0 Å². The molecule has 1 aliphatic heterocycles. The van der Waals surface area contributed by atoms with E-state index in [4.69, 9.17) is 0 Å². The number of hydrogen-bond acceptors (Lipinski definition) is 4. The fraction of sp³-hybridized carbons (Fsp3) is 0.500. The van der Waals surface area contributed by atoms with E-state index in [1.807, 2.05) is 0 Å². The third-order valence-electron chi connectivity index (χ3n) is 3.52. The Hall–Kier alpha value is -1.13. The van der Waals surface area contributed by atoms with Gasteiger partial charge in [0.1, 0.15) is 0 Å². The summed E-state index contributed by atoms with van der Waals surface area (Å²) in [6.45, 7) is 6.78. The number of aromatic nitrogens is 1. The van der Waals surface area contributed by atoms with Crippen molar-refractivity contribution in [1.82, 2.24) is 9.88 Å². The Bertz CT molecular complexity index is 529. The van der Waals surface area contributed by atoms with Crippen LogP contribution in [0.1, 0.15) is 18.4 Å². The van der Waals surface area contributed by atoms with Gasteiger partial charge in [-0.15, -0.1) is 0 Å². The first-order valence-corrected chi connectivity index (χ1v) is 7.47. The Morgan fingerprint density at radius 2 is 2.17 bits per heavy atom. The van der Waals surface area contributed by atoms with Gasteiger partial charge in [0.05, 0.1) is 10.2 Å². The number of anilines is 1. The molecule has 2 heterocycles. The van der Waals surface area contributed by atoms with Gasteiger partial charge in [-0.05, 0) is 44.5 Å². The van der Waals surface area contributed by atoms with Crippen molar-refractivity contribution in [3.8, 4) is 0 Å². The molecule has 0 aliphatic carbocycles. The van der Waals surface area contributed by atoms with Crippen LogP contribution in [0.15, 0.2) is 18.2 Å². The highest BCUT2D eigenvalue weighted by Crippen LogP contribution is 2.27. The maximum absolute atomic E-state index is 4.67. The lowest BCUT2D eigenvalue weighted by Gasteiger charge is -2.13. The molecule has 4 heteroatoms. The molecule has 3 rings (SSSR count). The summed E-state index contributed by atoms with van der Waals surface area (Å²) in [5.41, 5.74) is 2.41. The standard InChI is InChI=1S/C14H19N3S/c1-11-5-4-6-12-13(11)16-14(18-12)15-7-10-17-8-2-3-9-17/h4-6H,2-3,7-10H2,1H3,(H,15,16). The van der Waals surface area contributed by atoms with Gasteiger partial charge in [0.15, 0.2) is 5.13 Å². The van der Waals surface area contributed by atoms with E-state index < -0.39 is 0 Å². The summed E-state index contributed by atoms with van der Waals surface area (Å²) >= 11 is 1.75. The highest BCUT2D eigenvalue weighted by molar-refractivity contribution is 7.22. The molecule has 1 aliphatic rings. The zero-order chi connectivity index (χ0) is 12.4. The monoisotopic (exact) mass is 261 g/mol. The van der Waals surface area contributed by atoms with Crippen LogP contribution >= 0.6 is 11.3 Å². The molecule has 1 aromatic heterocycles. The van der Waals surface area contributed by atoms with Crippen molar-refractivity contribution in [2.45, 2.75) is 19.8 Å². The number of rotatable bonds is 4. The van der Waals surface area contributed by atoms with Gasteiger partial charge < -0.3 is 10.2 Å². The van der Waals surface area contributed by atoms with Crippen LogP contribution in [0.25, 0.3) is 10.2 Å². The third kappa shape index (κ3) is 2.49. The molecule has 96 valence electrons. The highest BCUT2D eigenvalue weighted by atomic mass is 32.1. The lowest BCUT2D eigenvalue weighted by molar-refractivity contribution is 0.352. The topological polar surface area (TPSA) is 28.2 Å². The smallest absolute Gasteiger partial charge is 0.183 e. The van der Waals surface area contributed by atoms with Gasteiger partial charge in [-0.1, -0.05) is 23.5 Å². The average Bonchev–Trinajstić information content (AvgIpc) is 2.98. The lowest BCUT2D eigenvalue weighted by atomic mass is 10.2. The van der Waals surface area contributed by atoms with Crippen molar-refractivity contribution in [3.05, 3.63) is 23.8 Å². The molecule has 18 heavy (non-hydrogen) atoms. The van der Waals surface area contributed by atoms with E-state index in [1.54, 1.807) is 11.3 Å². The van der Waals surface area contributed by atoms with Crippen LogP contribution in [-0.4, -0.2) is 36.1 Å². The van der Waals surface area contributed by atoms with Gasteiger partial charge in [-0.25, -0.2) is 4.98 Å². The van der Waals surface area contributed by atoms with Gasteiger partial charge in [0.2, 0.25) is 0 Å². The van der Waals surface area contributed by atoms with Gasteiger partial charge in [-0.3, -0.25) is 0 Å². The van der Waals surface area contributed by atoms with Crippen molar-refractivity contribution >= 4 is 26.7 Å². The second-order valence-corrected chi connectivity index (χ2v) is 5.95. The van der Waals surface area contributed by atoms with Crippen LogP contribution in [-0.2, 0) is 0 Å². The molecule has 0 bridgehead atoms. The highest BCUT2D eigenvalue weighted by Gasteiger charge is 2.11. The van der Waals surface area contributed by atoms with Crippen LogP contribution in [0.3, 0.4) is 0 Å². The molecule has 0 spiro atoms. The molecule has 1 N–H and O–H groups in total. The van der Waals surface area contributed by atoms with E-state index in [0.29, 0.717) is 0 Å². The van der Waals surface area contributed by atoms with Crippen LogP contribution in [0, 0.1) is 6.92 Å². The predicted molar refractivity (Wildman–Crippen MR) is 78.5 cm³/mol. The van der Waals surface area contributed by atoms with Crippen LogP contribution in [0.5, 0.6) is 0 Å². The van der Waals surface area contributed by atoms with Crippen LogP contribution in [0.4, 0.5) is 5.13 Å². The normalized spacial score (nSPS) is 16.5. The van der Waals surface area contributed by atoms with Gasteiger partial charge in [0.25, 0.3) is 0 Å². The number of para-hydroxylation sites is 1. The van der Waals surface area contributed by atoms with Crippen molar-refractivity contribution in [1.29, 1.82) is 0 Å². The van der Waals surface area contributed by atoms with E-state index in [1.165, 1.54) is 36.2 Å². The Morgan fingerprint density at radius 3 is 2.94 bits per heavy atom. The molecule has 1 saturated heterocycles. The molecule has 0 atom stereocenters. The minimum atomic E-state index is 0.999. The predicted octanol–water partition coefficient (Wildman–Crippen LogP) is 3.11. The van der Waals surface area contributed by atoms with Crippen LogP contribution < -0.4 is 5.32 Å². The van der Waals surface area contributed by atoms with E-state index in [2.05, 4.69) is 40.3 Å². The number of benzene rings is 1. The fourth-order valence-electron chi connectivity index (χ4n) is 2.49. The molecule has 2 aromatic rings. The first-order chi connectivity index (χ1) is 8.83. The fourth-order valence-corrected chi connectivity index (χ4v) is 3.46. The number of aryl methyl sites for hydroxylation is 1. The second kappa shape index (κ2) is 5.24. The SMILES string of the molecule is Cc1cccc2sc(NCCN3CCCC3)nc12. The van der Waals surface area contributed by atoms with E-state index >= 15 is 0 Å². The molecule has 0 saturated carbocycles. The summed E-state index contributed by atoms with van der Waals surface area (Å²) < 4.78 is 1.28. The molecule has 0 unspecified atom stereocenters. The average molecular weight is 261 g/mol. The number of fused-ring (bicyclic) bond motifs is 1. The van der Waals surface area contributed by atoms with Crippen molar-refractivity contribution in [3.63, 3.8) is 0 Å². The zero-order valence-corrected chi connectivity index (χ0v) is 11.6. The summed E-state index contributed by atoms with van der Waals surface area (Å²) in [7, 11) is 0. The Kier molecular flexibility index (Phi) is 3.48. The van der Waals surface area contributed by atoms with Gasteiger partial charge >= 0.3 is 0 Å². The second-order valence-electron chi connectivity index (χ2n) is 4.92. The first kappa shape index (κ1) is 11.9. The zero-order valence-electron chi connectivity index (χ0n) is 10.8. The number of nitrogens with one attached hydrogen (secondary N) is 1. The molecular formula is C14H19N3S. The van der Waals surface area contributed by atoms with Crippen molar-refractivity contribution in [2.75, 3.05) is 31.5 Å². The summed E-state index contributed by atoms with van der Waals surface area (Å²) in [6.07, 6.45) is 2.72. The lowest BCUT2D eigenvalue weighted by Crippen LogP contribution is -2.25. The number of likely N-dealkylation sites (tertiary alicyclic amines) is 1. The number of hydrogen-bond donors (Lipinski definition) is 1. The van der Waals surface area contributed by atoms with Crippen LogP contribution in [0.2, 0.25) is 0 Å². The maximum atomic E-state index is 4.67. The first-order valence-electron chi connectivity index (χ1n) is 6.65. The maximum Gasteiger partial charge on any atom is 0.183 e. The number of nitrogens with zero attached hydrogens (tertiary/aromatic N) is 2. The molecule has 3 nitrogen and oxygen atoms in total. The molecule has 1 fully saturated rings. The largest absolute Gasteiger partial charge is 0.360 e. The van der Waals surface area contributed by atoms with E-state index in [9.17, 15) is 0 Å². The summed E-state index contributed by atoms with van der Waals surface area (Å²) in [5, 5.41) is 4.51. The van der Waals surface area contributed by atoms with Crippen molar-refractivity contribution < 1.29 is 0 Å². The minimum absolute atomic E-state index is 0.999. The third-order valence-corrected chi connectivity index (χ3v) is 4.50. The quantitative estimate of drug-likeness (QED) is 0.916.